The molecule has 1 amide bonds. The predicted molar refractivity (Wildman–Crippen MR) is 132 cm³/mol. The average Bonchev–Trinajstić information content (AvgIpc) is 3.23. The van der Waals surface area contributed by atoms with Gasteiger partial charge >= 0.3 is 0 Å². The van der Waals surface area contributed by atoms with E-state index < -0.39 is 0 Å². The van der Waals surface area contributed by atoms with Gasteiger partial charge in [-0.25, -0.2) is 5.43 Å². The van der Waals surface area contributed by atoms with Gasteiger partial charge in [0.1, 0.15) is 0 Å². The van der Waals surface area contributed by atoms with Crippen LogP contribution in [0, 0.1) is 0 Å². The molecule has 3 aromatic carbocycles. The quantitative estimate of drug-likeness (QED) is 0.193. The molecule has 0 saturated carbocycles. The molecule has 0 aliphatic carbocycles. The van der Waals surface area contributed by atoms with Crippen molar-refractivity contribution in [2.45, 2.75) is 5.16 Å². The summed E-state index contributed by atoms with van der Waals surface area (Å²) in [6.07, 6.45) is 1.59. The number of thioether (sulfide) groups is 1. The van der Waals surface area contributed by atoms with Gasteiger partial charge in [0.15, 0.2) is 11.0 Å². The summed E-state index contributed by atoms with van der Waals surface area (Å²) in [5.41, 5.74) is 5.20. The maximum atomic E-state index is 12.3. The average molecular weight is 527 g/mol. The predicted octanol–water partition coefficient (Wildman–Crippen LogP) is 5.59. The lowest BCUT2D eigenvalue weighted by atomic mass is 10.2. The Balaban J connectivity index is 1.50. The Morgan fingerprint density at radius 2 is 1.84 bits per heavy atom. The third-order valence-corrected chi connectivity index (χ3v) is 6.01. The van der Waals surface area contributed by atoms with Gasteiger partial charge in [-0.15, -0.1) is 10.2 Å². The van der Waals surface area contributed by atoms with Crippen molar-refractivity contribution in [1.82, 2.24) is 20.2 Å². The van der Waals surface area contributed by atoms with Crippen LogP contribution in [0.1, 0.15) is 5.56 Å². The number of hydrogen-bond acceptors (Lipinski definition) is 5. The zero-order chi connectivity index (χ0) is 22.3. The van der Waals surface area contributed by atoms with Crippen LogP contribution < -0.4 is 5.43 Å². The first-order chi connectivity index (χ1) is 15.6. The molecule has 160 valence electrons. The Bertz CT molecular complexity index is 1240. The van der Waals surface area contributed by atoms with Gasteiger partial charge in [0.05, 0.1) is 12.0 Å². The van der Waals surface area contributed by atoms with Crippen LogP contribution in [-0.2, 0) is 4.79 Å². The maximum absolute atomic E-state index is 12.3. The van der Waals surface area contributed by atoms with Crippen LogP contribution in [0.5, 0.6) is 0 Å². The van der Waals surface area contributed by atoms with Crippen molar-refractivity contribution in [2.24, 2.45) is 5.10 Å². The number of hydrazone groups is 1. The molecule has 0 radical (unpaired) electrons. The minimum atomic E-state index is -0.242. The molecule has 0 bridgehead atoms. The molecule has 0 fully saturated rings. The van der Waals surface area contributed by atoms with E-state index in [0.29, 0.717) is 16.0 Å². The van der Waals surface area contributed by atoms with E-state index in [1.165, 1.54) is 11.8 Å². The molecule has 0 atom stereocenters. The SMILES string of the molecule is O=C(CSc1nnc(-c2ccccc2)n1-c1ccc(Cl)cc1)N/N=C/c1cccc(Br)c1. The minimum absolute atomic E-state index is 0.135. The fourth-order valence-electron chi connectivity index (χ4n) is 2.89. The highest BCUT2D eigenvalue weighted by molar-refractivity contribution is 9.10. The largest absolute Gasteiger partial charge is 0.272 e. The van der Waals surface area contributed by atoms with Gasteiger partial charge in [-0.2, -0.15) is 5.10 Å². The lowest BCUT2D eigenvalue weighted by molar-refractivity contribution is -0.118. The van der Waals surface area contributed by atoms with Crippen LogP contribution in [-0.4, -0.2) is 32.6 Å². The molecular weight excluding hydrogens is 510 g/mol. The Hall–Kier alpha value is -2.94. The van der Waals surface area contributed by atoms with E-state index in [9.17, 15) is 4.79 Å². The molecule has 1 aromatic heterocycles. The van der Waals surface area contributed by atoms with Crippen LogP contribution >= 0.6 is 39.3 Å². The van der Waals surface area contributed by atoms with E-state index >= 15 is 0 Å². The minimum Gasteiger partial charge on any atom is -0.272 e. The zero-order valence-corrected chi connectivity index (χ0v) is 19.8. The number of amides is 1. The van der Waals surface area contributed by atoms with Gasteiger partial charge in [0.2, 0.25) is 0 Å². The molecule has 0 aliphatic rings. The van der Waals surface area contributed by atoms with Crippen molar-refractivity contribution in [2.75, 3.05) is 5.75 Å². The number of hydrogen-bond donors (Lipinski definition) is 1. The summed E-state index contributed by atoms with van der Waals surface area (Å²) in [5, 5.41) is 13.9. The monoisotopic (exact) mass is 525 g/mol. The van der Waals surface area contributed by atoms with Gasteiger partial charge in [0.25, 0.3) is 5.91 Å². The second-order valence-corrected chi connectivity index (χ2v) is 8.92. The smallest absolute Gasteiger partial charge is 0.250 e. The molecule has 0 aliphatic heterocycles. The van der Waals surface area contributed by atoms with Crippen molar-refractivity contribution >= 4 is 51.4 Å². The second-order valence-electron chi connectivity index (χ2n) is 6.62. The molecular formula is C23H17BrClN5OS. The van der Waals surface area contributed by atoms with Crippen LogP contribution in [0.2, 0.25) is 5.02 Å². The molecule has 0 unspecified atom stereocenters. The molecule has 9 heteroatoms. The van der Waals surface area contributed by atoms with Gasteiger partial charge < -0.3 is 0 Å². The topological polar surface area (TPSA) is 72.2 Å². The van der Waals surface area contributed by atoms with Crippen molar-refractivity contribution < 1.29 is 4.79 Å². The first kappa shape index (κ1) is 22.3. The van der Waals surface area contributed by atoms with Crippen molar-refractivity contribution in [3.63, 3.8) is 0 Å². The molecule has 1 heterocycles. The molecule has 4 rings (SSSR count). The van der Waals surface area contributed by atoms with Gasteiger partial charge in [-0.3, -0.25) is 9.36 Å². The third-order valence-electron chi connectivity index (χ3n) is 4.33. The number of carbonyl (C=O) groups excluding carboxylic acids is 1. The van der Waals surface area contributed by atoms with E-state index in [0.717, 1.165) is 21.3 Å². The Kier molecular flexibility index (Phi) is 7.36. The van der Waals surface area contributed by atoms with Crippen molar-refractivity contribution in [3.8, 4) is 17.1 Å². The highest BCUT2D eigenvalue weighted by Crippen LogP contribution is 2.28. The molecule has 6 nitrogen and oxygen atoms in total. The summed E-state index contributed by atoms with van der Waals surface area (Å²) in [6, 6.07) is 24.8. The Labute approximate surface area is 202 Å². The summed E-state index contributed by atoms with van der Waals surface area (Å²) in [7, 11) is 0. The summed E-state index contributed by atoms with van der Waals surface area (Å²) in [5.74, 6) is 0.577. The van der Waals surface area contributed by atoms with Crippen LogP contribution in [0.4, 0.5) is 0 Å². The first-order valence-electron chi connectivity index (χ1n) is 9.57. The standard InChI is InChI=1S/C23H17BrClN5OS/c24-18-8-4-5-16(13-18)14-26-27-21(31)15-32-23-29-28-22(17-6-2-1-3-7-17)30(23)20-11-9-19(25)10-12-20/h1-14H,15H2,(H,27,31)/b26-14+. The zero-order valence-electron chi connectivity index (χ0n) is 16.7. The first-order valence-corrected chi connectivity index (χ1v) is 11.7. The van der Waals surface area contributed by atoms with Gasteiger partial charge in [0, 0.05) is 20.7 Å². The number of halogens is 2. The molecule has 0 saturated heterocycles. The van der Waals surface area contributed by atoms with E-state index in [-0.39, 0.29) is 11.7 Å². The lowest BCUT2D eigenvalue weighted by Crippen LogP contribution is -2.20. The normalized spacial score (nSPS) is 11.1. The number of nitrogens with zero attached hydrogens (tertiary/aromatic N) is 4. The summed E-state index contributed by atoms with van der Waals surface area (Å²) in [6.45, 7) is 0. The van der Waals surface area contributed by atoms with E-state index in [1.807, 2.05) is 83.4 Å². The fraction of sp³-hybridized carbons (Fsp3) is 0.0435. The van der Waals surface area contributed by atoms with Crippen LogP contribution in [0.25, 0.3) is 17.1 Å². The molecule has 4 aromatic rings. The summed E-state index contributed by atoms with van der Waals surface area (Å²) < 4.78 is 2.85. The maximum Gasteiger partial charge on any atom is 0.250 e. The summed E-state index contributed by atoms with van der Waals surface area (Å²) >= 11 is 10.7. The molecule has 1 N–H and O–H groups in total. The van der Waals surface area contributed by atoms with E-state index in [2.05, 4.69) is 36.7 Å². The van der Waals surface area contributed by atoms with Crippen molar-refractivity contribution in [3.05, 3.63) is 93.9 Å². The molecule has 0 spiro atoms. The van der Waals surface area contributed by atoms with Crippen molar-refractivity contribution in [1.29, 1.82) is 0 Å². The van der Waals surface area contributed by atoms with E-state index in [1.54, 1.807) is 6.21 Å². The number of carbonyl (C=O) groups is 1. The van der Waals surface area contributed by atoms with Gasteiger partial charge in [-0.1, -0.05) is 81.8 Å². The Morgan fingerprint density at radius 1 is 1.06 bits per heavy atom. The van der Waals surface area contributed by atoms with Crippen LogP contribution in [0.15, 0.2) is 93.6 Å². The number of benzene rings is 3. The number of nitrogens with one attached hydrogen (secondary N) is 1. The number of aromatic nitrogens is 3. The van der Waals surface area contributed by atoms with Gasteiger partial charge in [-0.05, 0) is 42.0 Å². The summed E-state index contributed by atoms with van der Waals surface area (Å²) in [4.78, 5) is 12.3. The van der Waals surface area contributed by atoms with Crippen LogP contribution in [0.3, 0.4) is 0 Å². The number of rotatable bonds is 7. The highest BCUT2D eigenvalue weighted by atomic mass is 79.9. The molecule has 32 heavy (non-hydrogen) atoms. The third kappa shape index (κ3) is 5.64. The Morgan fingerprint density at radius 3 is 2.59 bits per heavy atom. The highest BCUT2D eigenvalue weighted by Gasteiger charge is 2.17. The lowest BCUT2D eigenvalue weighted by Gasteiger charge is -2.10. The fourth-order valence-corrected chi connectivity index (χ4v) is 4.18. The van der Waals surface area contributed by atoms with E-state index in [4.69, 9.17) is 11.6 Å². The second kappa shape index (κ2) is 10.6.